The summed E-state index contributed by atoms with van der Waals surface area (Å²) in [5.41, 5.74) is 5.79. The first-order valence-corrected chi connectivity index (χ1v) is 9.64. The molecule has 10 nitrogen and oxygen atoms in total. The van der Waals surface area contributed by atoms with Gasteiger partial charge in [0.2, 0.25) is 0 Å². The van der Waals surface area contributed by atoms with Crippen LogP contribution < -0.4 is 20.6 Å². The fraction of sp³-hybridized carbons (Fsp3) is 0.333. The molecule has 0 bridgehead atoms. The summed E-state index contributed by atoms with van der Waals surface area (Å²) in [6.45, 7) is 2.44. The largest absolute Gasteiger partial charge is 0.507 e. The number of hydrogen-bond donors (Lipinski definition) is 4. The van der Waals surface area contributed by atoms with Gasteiger partial charge in [0, 0.05) is 26.3 Å². The number of ether oxygens (including phenoxy) is 1. The summed E-state index contributed by atoms with van der Waals surface area (Å²) in [4.78, 5) is 30.1. The second kappa shape index (κ2) is 11.0. The minimum atomic E-state index is -0.860. The molecule has 0 fully saturated rings. The predicted molar refractivity (Wildman–Crippen MR) is 115 cm³/mol. The average Bonchev–Trinajstić information content (AvgIpc) is 2.73. The molecule has 2 aromatic carbocycles. The van der Waals surface area contributed by atoms with Gasteiger partial charge in [-0.2, -0.15) is 0 Å². The van der Waals surface area contributed by atoms with Crippen LogP contribution in [0.2, 0.25) is 0 Å². The number of urea groups is 1. The van der Waals surface area contributed by atoms with E-state index in [1.54, 1.807) is 38.4 Å². The second-order valence-corrected chi connectivity index (χ2v) is 6.93. The highest BCUT2D eigenvalue weighted by atomic mass is 16.7. The van der Waals surface area contributed by atoms with Crippen molar-refractivity contribution in [1.82, 2.24) is 9.96 Å². The molecule has 1 unspecified atom stereocenters. The molecule has 0 heterocycles. The van der Waals surface area contributed by atoms with Gasteiger partial charge in [0.15, 0.2) is 0 Å². The molecule has 2 aromatic rings. The number of anilines is 1. The first kappa shape index (κ1) is 23.8. The maximum absolute atomic E-state index is 11.6. The summed E-state index contributed by atoms with van der Waals surface area (Å²) in [6.07, 6.45) is -0.860. The Morgan fingerprint density at radius 2 is 1.77 bits per heavy atom. The molecule has 0 aliphatic rings. The number of rotatable bonds is 10. The van der Waals surface area contributed by atoms with Crippen molar-refractivity contribution in [3.8, 4) is 17.2 Å². The summed E-state index contributed by atoms with van der Waals surface area (Å²) in [7, 11) is 3.30. The molecule has 1 atom stereocenters. The number of aliphatic hydroxyl groups excluding tert-OH is 1. The van der Waals surface area contributed by atoms with Crippen molar-refractivity contribution in [2.24, 2.45) is 5.73 Å². The number of benzene rings is 2. The summed E-state index contributed by atoms with van der Waals surface area (Å²) in [6, 6.07) is 10.7. The van der Waals surface area contributed by atoms with E-state index >= 15 is 0 Å². The van der Waals surface area contributed by atoms with Crippen LogP contribution in [0.4, 0.5) is 10.5 Å². The number of nitrogens with one attached hydrogen (secondary N) is 1. The topological polar surface area (TPSA) is 138 Å². The van der Waals surface area contributed by atoms with Crippen LogP contribution in [0.5, 0.6) is 17.2 Å². The quantitative estimate of drug-likeness (QED) is 0.419. The first-order chi connectivity index (χ1) is 14.7. The second-order valence-electron chi connectivity index (χ2n) is 6.93. The number of amides is 3. The molecule has 0 aliphatic heterocycles. The highest BCUT2D eigenvalue weighted by Gasteiger charge is 2.15. The number of aliphatic hydroxyl groups is 1. The first-order valence-electron chi connectivity index (χ1n) is 9.64. The van der Waals surface area contributed by atoms with E-state index in [2.05, 4.69) is 5.32 Å². The Kier molecular flexibility index (Phi) is 8.47. The molecule has 0 saturated heterocycles. The fourth-order valence-corrected chi connectivity index (χ4v) is 2.50. The third kappa shape index (κ3) is 7.36. The number of primary amides is 1. The van der Waals surface area contributed by atoms with Crippen molar-refractivity contribution >= 4 is 17.6 Å². The highest BCUT2D eigenvalue weighted by Crippen LogP contribution is 2.23. The monoisotopic (exact) mass is 432 g/mol. The third-order valence-corrected chi connectivity index (χ3v) is 4.19. The Morgan fingerprint density at radius 3 is 2.35 bits per heavy atom. The number of hydrogen-bond acceptors (Lipinski definition) is 7. The van der Waals surface area contributed by atoms with Gasteiger partial charge in [-0.15, -0.1) is 5.06 Å². The summed E-state index contributed by atoms with van der Waals surface area (Å²) in [5, 5.41) is 24.2. The fourth-order valence-electron chi connectivity index (χ4n) is 2.50. The van der Waals surface area contributed by atoms with Gasteiger partial charge in [0.25, 0.3) is 5.91 Å². The van der Waals surface area contributed by atoms with Crippen LogP contribution in [-0.4, -0.2) is 72.0 Å². The number of nitrogens with two attached hydrogens (primary N) is 1. The molecule has 2 rings (SSSR count). The Bertz CT molecular complexity index is 888. The van der Waals surface area contributed by atoms with Crippen molar-refractivity contribution in [3.63, 3.8) is 0 Å². The minimum Gasteiger partial charge on any atom is -0.507 e. The van der Waals surface area contributed by atoms with Crippen LogP contribution in [0.1, 0.15) is 17.3 Å². The molecule has 0 radical (unpaired) electrons. The lowest BCUT2D eigenvalue weighted by molar-refractivity contribution is -0.0859. The molecule has 0 aromatic heterocycles. The van der Waals surface area contributed by atoms with Gasteiger partial charge in [-0.05, 0) is 49.4 Å². The zero-order valence-corrected chi connectivity index (χ0v) is 17.7. The van der Waals surface area contributed by atoms with Crippen LogP contribution in [0.25, 0.3) is 0 Å². The Labute approximate surface area is 180 Å². The number of likely N-dealkylation sites (N-methyl/N-ethyl adjacent to an activating group) is 1. The zero-order valence-electron chi connectivity index (χ0n) is 17.7. The zero-order chi connectivity index (χ0) is 23.0. The third-order valence-electron chi connectivity index (χ3n) is 4.19. The van der Waals surface area contributed by atoms with Gasteiger partial charge < -0.3 is 35.7 Å². The standard InChI is InChI=1S/C21H28N4O6/c1-4-25(31-17-9-10-19(27)18(11-17)20(22)28)12-15(26)13-30-16-7-5-14(6-8-16)23-21(29)24(2)3/h5-11,15,26-27H,4,12-13H2,1-3H3,(H2,22,28)(H,23,29). The van der Waals surface area contributed by atoms with Crippen molar-refractivity contribution in [2.45, 2.75) is 13.0 Å². The molecule has 0 spiro atoms. The Hall–Kier alpha value is -3.50. The average molecular weight is 432 g/mol. The minimum absolute atomic E-state index is 0.0192. The van der Waals surface area contributed by atoms with Crippen LogP contribution in [0.3, 0.4) is 0 Å². The Balaban J connectivity index is 1.86. The SMILES string of the molecule is CCN(CC(O)COc1ccc(NC(=O)N(C)C)cc1)Oc1ccc(O)c(C(N)=O)c1. The molecule has 168 valence electrons. The van der Waals surface area contributed by atoms with E-state index in [1.807, 2.05) is 6.92 Å². The lowest BCUT2D eigenvalue weighted by Gasteiger charge is -2.24. The van der Waals surface area contributed by atoms with Crippen molar-refractivity contribution in [1.29, 1.82) is 0 Å². The van der Waals surface area contributed by atoms with E-state index in [9.17, 15) is 19.8 Å². The summed E-state index contributed by atoms with van der Waals surface area (Å²) >= 11 is 0. The van der Waals surface area contributed by atoms with Gasteiger partial charge in [-0.1, -0.05) is 0 Å². The maximum atomic E-state index is 11.6. The molecular formula is C21H28N4O6. The number of carbonyl (C=O) groups excluding carboxylic acids is 2. The smallest absolute Gasteiger partial charge is 0.321 e. The van der Waals surface area contributed by atoms with Crippen LogP contribution in [0.15, 0.2) is 42.5 Å². The predicted octanol–water partition coefficient (Wildman–Crippen LogP) is 1.64. The van der Waals surface area contributed by atoms with Crippen LogP contribution in [0, 0.1) is 0 Å². The van der Waals surface area contributed by atoms with Crippen LogP contribution in [-0.2, 0) is 0 Å². The molecule has 10 heteroatoms. The van der Waals surface area contributed by atoms with E-state index < -0.39 is 12.0 Å². The number of hydroxylamine groups is 2. The van der Waals surface area contributed by atoms with Crippen LogP contribution >= 0.6 is 0 Å². The lowest BCUT2D eigenvalue weighted by atomic mass is 10.2. The summed E-state index contributed by atoms with van der Waals surface area (Å²) in [5.74, 6) is -0.164. The number of phenols is 1. The van der Waals surface area contributed by atoms with Crippen molar-refractivity contribution in [2.75, 3.05) is 39.1 Å². The van der Waals surface area contributed by atoms with Gasteiger partial charge in [0.05, 0.1) is 12.1 Å². The van der Waals surface area contributed by atoms with E-state index in [4.69, 9.17) is 15.3 Å². The van der Waals surface area contributed by atoms with Gasteiger partial charge in [-0.25, -0.2) is 4.79 Å². The lowest BCUT2D eigenvalue weighted by Crippen LogP contribution is -2.37. The van der Waals surface area contributed by atoms with E-state index in [0.29, 0.717) is 23.7 Å². The number of aromatic hydroxyl groups is 1. The Morgan fingerprint density at radius 1 is 1.13 bits per heavy atom. The van der Waals surface area contributed by atoms with Gasteiger partial charge >= 0.3 is 6.03 Å². The molecule has 0 aliphatic carbocycles. The van der Waals surface area contributed by atoms with Crippen molar-refractivity contribution < 1.29 is 29.4 Å². The number of carbonyl (C=O) groups is 2. The molecule has 0 saturated carbocycles. The summed E-state index contributed by atoms with van der Waals surface area (Å²) < 4.78 is 5.59. The molecular weight excluding hydrogens is 404 g/mol. The molecule has 5 N–H and O–H groups in total. The highest BCUT2D eigenvalue weighted by molar-refractivity contribution is 5.95. The van der Waals surface area contributed by atoms with E-state index in [1.165, 1.54) is 28.2 Å². The maximum Gasteiger partial charge on any atom is 0.321 e. The van der Waals surface area contributed by atoms with Gasteiger partial charge in [0.1, 0.15) is 30.0 Å². The number of nitrogens with zero attached hydrogens (tertiary/aromatic N) is 2. The molecule has 3 amide bonds. The van der Waals surface area contributed by atoms with Crippen molar-refractivity contribution in [3.05, 3.63) is 48.0 Å². The van der Waals surface area contributed by atoms with E-state index in [-0.39, 0.29) is 30.5 Å². The normalized spacial score (nSPS) is 11.6. The van der Waals surface area contributed by atoms with E-state index in [0.717, 1.165) is 0 Å². The molecule has 31 heavy (non-hydrogen) atoms. The van der Waals surface area contributed by atoms with Gasteiger partial charge in [-0.3, -0.25) is 4.79 Å².